The molecule has 6 aromatic carbocycles. The molecular formula is C38H36Cl2P2Pd2. The van der Waals surface area contributed by atoms with Crippen molar-refractivity contribution >= 4 is 47.7 Å². The van der Waals surface area contributed by atoms with Crippen LogP contribution in [0.25, 0.3) is 0 Å². The number of halogens is 2. The van der Waals surface area contributed by atoms with Gasteiger partial charge in [0.15, 0.2) is 0 Å². The molecule has 6 heteroatoms. The fourth-order valence-electron chi connectivity index (χ4n) is 4.36. The van der Waals surface area contributed by atoms with Gasteiger partial charge < -0.3 is 39.7 Å². The van der Waals surface area contributed by atoms with E-state index in [1.165, 1.54) is 31.8 Å². The number of hydrogen-bond acceptors (Lipinski definition) is 0. The van der Waals surface area contributed by atoms with Crippen LogP contribution in [-0.4, -0.2) is 0 Å². The minimum atomic E-state index is -0.446. The third-order valence-electron chi connectivity index (χ3n) is 6.09. The van der Waals surface area contributed by atoms with E-state index in [1.807, 2.05) is 0 Å². The van der Waals surface area contributed by atoms with E-state index in [2.05, 4.69) is 182 Å². The van der Waals surface area contributed by atoms with E-state index in [1.54, 1.807) is 0 Å². The van der Waals surface area contributed by atoms with Crippen LogP contribution in [-0.2, 0) is 40.8 Å². The Morgan fingerprint density at radius 3 is 0.455 bits per heavy atom. The summed E-state index contributed by atoms with van der Waals surface area (Å²) in [5, 5.41) is 8.39. The zero-order valence-corrected chi connectivity index (χ0v) is 31.0. The molecule has 0 aliphatic carbocycles. The van der Waals surface area contributed by atoms with Crippen molar-refractivity contribution in [3.05, 3.63) is 197 Å². The quantitative estimate of drug-likeness (QED) is 0.137. The molecule has 0 aliphatic rings. The van der Waals surface area contributed by atoms with Crippen LogP contribution in [0.1, 0.15) is 0 Å². The molecule has 44 heavy (non-hydrogen) atoms. The first-order chi connectivity index (χ1) is 18.9. The largest absolute Gasteiger partial charge is 2.00 e. The van der Waals surface area contributed by atoms with Crippen LogP contribution in [0.3, 0.4) is 0 Å². The SMILES string of the molecule is [CH3-].[CH3-].[Cl-].[Cl-].[Pd+2].[Pd+2].c1ccc(P(c2ccccc2)c2ccccc2)cc1.c1ccc(P(c2ccccc2)c2ccccc2)cc1. The van der Waals surface area contributed by atoms with Gasteiger partial charge in [-0.1, -0.05) is 182 Å². The fraction of sp³-hybridized carbons (Fsp3) is 0. The molecule has 0 aromatic heterocycles. The predicted octanol–water partition coefficient (Wildman–Crippen LogP) is 1.79. The average molecular weight is 838 g/mol. The zero-order chi connectivity index (χ0) is 25.8. The van der Waals surface area contributed by atoms with E-state index in [0.717, 1.165) is 0 Å². The third-order valence-corrected chi connectivity index (χ3v) is 11.0. The van der Waals surface area contributed by atoms with E-state index in [-0.39, 0.29) is 80.5 Å². The van der Waals surface area contributed by atoms with Crippen LogP contribution < -0.4 is 56.6 Å². The monoisotopic (exact) mass is 836 g/mol. The number of rotatable bonds is 6. The topological polar surface area (TPSA) is 0 Å². The van der Waals surface area contributed by atoms with Gasteiger partial charge in [0.1, 0.15) is 0 Å². The van der Waals surface area contributed by atoms with Gasteiger partial charge in [-0.2, -0.15) is 0 Å². The molecule has 0 heterocycles. The predicted molar refractivity (Wildman–Crippen MR) is 183 cm³/mol. The molecule has 0 fully saturated rings. The van der Waals surface area contributed by atoms with Crippen LogP contribution in [0, 0.1) is 14.9 Å². The Morgan fingerprint density at radius 1 is 0.227 bits per heavy atom. The Kier molecular flexibility index (Phi) is 24.5. The van der Waals surface area contributed by atoms with E-state index < -0.39 is 15.8 Å². The molecule has 0 unspecified atom stereocenters. The number of benzene rings is 6. The summed E-state index contributed by atoms with van der Waals surface area (Å²) >= 11 is 0. The first-order valence-corrected chi connectivity index (χ1v) is 15.5. The molecule has 0 radical (unpaired) electrons. The molecule has 6 rings (SSSR count). The zero-order valence-electron chi connectivity index (χ0n) is 24.6. The fourth-order valence-corrected chi connectivity index (χ4v) is 8.97. The van der Waals surface area contributed by atoms with E-state index in [9.17, 15) is 0 Å². The standard InChI is InChI=1S/2C18H15P.2CH3.2ClH.2Pd/c2*1-4-10-16(11-5-1)19(17-12-6-2-7-13-17)18-14-8-3-9-15-18;;;;;;/h2*1-15H;2*1H3;2*1H;;/q;;2*-1;;;2*+2/p-2. The summed E-state index contributed by atoms with van der Waals surface area (Å²) in [5.41, 5.74) is 0. The van der Waals surface area contributed by atoms with E-state index >= 15 is 0 Å². The van der Waals surface area contributed by atoms with E-state index in [0.29, 0.717) is 0 Å². The van der Waals surface area contributed by atoms with Crippen LogP contribution in [0.5, 0.6) is 0 Å². The minimum absolute atomic E-state index is 0. The van der Waals surface area contributed by atoms with Crippen molar-refractivity contribution in [1.29, 1.82) is 0 Å². The second kappa shape index (κ2) is 24.3. The average Bonchev–Trinajstić information content (AvgIpc) is 3.01. The van der Waals surface area contributed by atoms with Crippen LogP contribution in [0.15, 0.2) is 182 Å². The van der Waals surface area contributed by atoms with Crippen LogP contribution >= 0.6 is 15.8 Å². The van der Waals surface area contributed by atoms with Crippen LogP contribution in [0.4, 0.5) is 0 Å². The molecule has 0 nitrogen and oxygen atoms in total. The summed E-state index contributed by atoms with van der Waals surface area (Å²) in [6.45, 7) is 0. The molecule has 232 valence electrons. The summed E-state index contributed by atoms with van der Waals surface area (Å²) < 4.78 is 0. The van der Waals surface area contributed by atoms with Gasteiger partial charge in [-0.15, -0.1) is 0 Å². The van der Waals surface area contributed by atoms with Gasteiger partial charge in [-0.05, 0) is 47.7 Å². The summed E-state index contributed by atoms with van der Waals surface area (Å²) in [4.78, 5) is 0. The summed E-state index contributed by atoms with van der Waals surface area (Å²) in [7, 11) is -0.892. The van der Waals surface area contributed by atoms with Crippen molar-refractivity contribution in [3.8, 4) is 0 Å². The Labute approximate surface area is 307 Å². The number of hydrogen-bond donors (Lipinski definition) is 0. The maximum Gasteiger partial charge on any atom is 2.00 e. The van der Waals surface area contributed by atoms with Crippen molar-refractivity contribution in [2.75, 3.05) is 0 Å². The Hall–Kier alpha value is -1.92. The summed E-state index contributed by atoms with van der Waals surface area (Å²) in [6.07, 6.45) is 0. The second-order valence-corrected chi connectivity index (χ2v) is 13.1. The second-order valence-electron chi connectivity index (χ2n) is 8.68. The molecule has 0 saturated heterocycles. The van der Waals surface area contributed by atoms with Gasteiger partial charge in [-0.3, -0.25) is 0 Å². The maximum absolute atomic E-state index is 2.23. The van der Waals surface area contributed by atoms with Crippen LogP contribution in [0.2, 0.25) is 0 Å². The molecular weight excluding hydrogens is 802 g/mol. The van der Waals surface area contributed by atoms with Crippen molar-refractivity contribution in [3.63, 3.8) is 0 Å². The molecule has 0 amide bonds. The Morgan fingerprint density at radius 2 is 0.341 bits per heavy atom. The van der Waals surface area contributed by atoms with E-state index in [4.69, 9.17) is 0 Å². The van der Waals surface area contributed by atoms with Crippen molar-refractivity contribution < 1.29 is 65.7 Å². The van der Waals surface area contributed by atoms with Gasteiger partial charge in [0.2, 0.25) is 0 Å². The molecule has 6 aromatic rings. The molecule has 0 atom stereocenters. The Bertz CT molecular complexity index is 1190. The molecule has 0 aliphatic heterocycles. The molecule has 0 saturated carbocycles. The molecule has 0 N–H and O–H groups in total. The molecule has 0 spiro atoms. The Balaban J connectivity index is 0. The smallest absolute Gasteiger partial charge is 1.00 e. The molecule has 0 bridgehead atoms. The maximum atomic E-state index is 2.23. The normalized spacial score (nSPS) is 9.14. The first kappa shape index (κ1) is 44.2. The summed E-state index contributed by atoms with van der Waals surface area (Å²) in [5.74, 6) is 0. The summed E-state index contributed by atoms with van der Waals surface area (Å²) in [6, 6.07) is 64.7. The minimum Gasteiger partial charge on any atom is -1.00 e. The third kappa shape index (κ3) is 12.5. The van der Waals surface area contributed by atoms with Crippen molar-refractivity contribution in [1.82, 2.24) is 0 Å². The van der Waals surface area contributed by atoms with Gasteiger partial charge in [0, 0.05) is 0 Å². The van der Waals surface area contributed by atoms with Gasteiger partial charge in [0.25, 0.3) is 0 Å². The van der Waals surface area contributed by atoms with Gasteiger partial charge in [0.05, 0.1) is 0 Å². The first-order valence-electron chi connectivity index (χ1n) is 12.8. The van der Waals surface area contributed by atoms with Gasteiger partial charge in [-0.25, -0.2) is 0 Å². The van der Waals surface area contributed by atoms with Gasteiger partial charge >= 0.3 is 40.8 Å². The van der Waals surface area contributed by atoms with Crippen molar-refractivity contribution in [2.45, 2.75) is 0 Å². The van der Waals surface area contributed by atoms with Crippen molar-refractivity contribution in [2.24, 2.45) is 0 Å².